The second-order valence-electron chi connectivity index (χ2n) is 3.93. The molecule has 0 aromatic carbocycles. The molecule has 0 rings (SSSR count). The van der Waals surface area contributed by atoms with Crippen LogP contribution in [0.2, 0.25) is 0 Å². The predicted octanol–water partition coefficient (Wildman–Crippen LogP) is 0.903. The van der Waals surface area contributed by atoms with E-state index in [0.29, 0.717) is 13.2 Å². The molecule has 0 aromatic rings. The Labute approximate surface area is 92.6 Å². The lowest BCUT2D eigenvalue weighted by atomic mass is 10.1. The second-order valence-corrected chi connectivity index (χ2v) is 3.93. The van der Waals surface area contributed by atoms with Gasteiger partial charge in [0.2, 0.25) is 5.91 Å². The number of amides is 1. The maximum atomic E-state index is 11.7. The standard InChI is InChI=1S/C11H24N2O2/c1-4-5-10(8-15-3)13-11(14)9(2)6-7-12/h9-10H,4-8,12H2,1-3H3,(H,13,14). The van der Waals surface area contributed by atoms with Gasteiger partial charge < -0.3 is 15.8 Å². The topological polar surface area (TPSA) is 64.3 Å². The summed E-state index contributed by atoms with van der Waals surface area (Å²) in [5, 5.41) is 2.98. The minimum absolute atomic E-state index is 0.00814. The molecule has 2 unspecified atom stereocenters. The number of hydrogen-bond acceptors (Lipinski definition) is 3. The highest BCUT2D eigenvalue weighted by Crippen LogP contribution is 2.03. The monoisotopic (exact) mass is 216 g/mol. The summed E-state index contributed by atoms with van der Waals surface area (Å²) in [7, 11) is 1.65. The van der Waals surface area contributed by atoms with E-state index in [1.165, 1.54) is 0 Å². The van der Waals surface area contributed by atoms with Gasteiger partial charge >= 0.3 is 0 Å². The van der Waals surface area contributed by atoms with E-state index in [-0.39, 0.29) is 17.9 Å². The van der Waals surface area contributed by atoms with E-state index in [4.69, 9.17) is 10.5 Å². The molecule has 0 spiro atoms. The fourth-order valence-corrected chi connectivity index (χ4v) is 1.47. The van der Waals surface area contributed by atoms with Crippen molar-refractivity contribution < 1.29 is 9.53 Å². The number of ether oxygens (including phenoxy) is 1. The molecule has 4 nitrogen and oxygen atoms in total. The molecule has 0 saturated carbocycles. The Kier molecular flexibility index (Phi) is 8.33. The van der Waals surface area contributed by atoms with Crippen LogP contribution in [0.1, 0.15) is 33.1 Å². The molecule has 0 bridgehead atoms. The Morgan fingerprint density at radius 2 is 2.13 bits per heavy atom. The van der Waals surface area contributed by atoms with Gasteiger partial charge in [0.05, 0.1) is 12.6 Å². The Morgan fingerprint density at radius 3 is 2.60 bits per heavy atom. The highest BCUT2D eigenvalue weighted by Gasteiger charge is 2.16. The molecule has 90 valence electrons. The van der Waals surface area contributed by atoms with Crippen LogP contribution in [0.15, 0.2) is 0 Å². The van der Waals surface area contributed by atoms with Crippen LogP contribution in [0.25, 0.3) is 0 Å². The number of nitrogens with two attached hydrogens (primary N) is 1. The molecular formula is C11H24N2O2. The molecule has 0 aliphatic carbocycles. The van der Waals surface area contributed by atoms with Crippen molar-refractivity contribution in [2.75, 3.05) is 20.3 Å². The van der Waals surface area contributed by atoms with Crippen LogP contribution in [0.5, 0.6) is 0 Å². The molecule has 0 fully saturated rings. The largest absolute Gasteiger partial charge is 0.383 e. The number of rotatable bonds is 8. The van der Waals surface area contributed by atoms with Crippen LogP contribution in [-0.2, 0) is 9.53 Å². The van der Waals surface area contributed by atoms with E-state index in [1.807, 2.05) is 6.92 Å². The van der Waals surface area contributed by atoms with Crippen LogP contribution in [0, 0.1) is 5.92 Å². The number of methoxy groups -OCH3 is 1. The summed E-state index contributed by atoms with van der Waals surface area (Å²) < 4.78 is 5.06. The van der Waals surface area contributed by atoms with Crippen molar-refractivity contribution in [1.82, 2.24) is 5.32 Å². The van der Waals surface area contributed by atoms with Crippen molar-refractivity contribution in [3.05, 3.63) is 0 Å². The number of hydrogen-bond donors (Lipinski definition) is 2. The lowest BCUT2D eigenvalue weighted by Gasteiger charge is -2.19. The zero-order chi connectivity index (χ0) is 11.7. The third-order valence-electron chi connectivity index (χ3n) is 2.40. The SMILES string of the molecule is CCCC(COC)NC(=O)C(C)CCN. The van der Waals surface area contributed by atoms with Gasteiger partial charge in [0.1, 0.15) is 0 Å². The van der Waals surface area contributed by atoms with E-state index in [2.05, 4.69) is 12.2 Å². The summed E-state index contributed by atoms with van der Waals surface area (Å²) >= 11 is 0. The average Bonchev–Trinajstić information content (AvgIpc) is 2.18. The van der Waals surface area contributed by atoms with Gasteiger partial charge in [-0.3, -0.25) is 4.79 Å². The molecule has 0 aliphatic rings. The molecule has 0 aliphatic heterocycles. The highest BCUT2D eigenvalue weighted by atomic mass is 16.5. The maximum absolute atomic E-state index is 11.7. The van der Waals surface area contributed by atoms with Gasteiger partial charge in [-0.15, -0.1) is 0 Å². The Morgan fingerprint density at radius 1 is 1.47 bits per heavy atom. The van der Waals surface area contributed by atoms with E-state index in [0.717, 1.165) is 19.3 Å². The summed E-state index contributed by atoms with van der Waals surface area (Å²) in [4.78, 5) is 11.7. The third kappa shape index (κ3) is 6.47. The van der Waals surface area contributed by atoms with Crippen molar-refractivity contribution in [3.63, 3.8) is 0 Å². The van der Waals surface area contributed by atoms with Crippen LogP contribution in [0.3, 0.4) is 0 Å². The molecule has 4 heteroatoms. The smallest absolute Gasteiger partial charge is 0.223 e. The lowest BCUT2D eigenvalue weighted by molar-refractivity contribution is -0.125. The van der Waals surface area contributed by atoms with Crippen molar-refractivity contribution in [2.45, 2.75) is 39.2 Å². The molecule has 0 aromatic heterocycles. The average molecular weight is 216 g/mol. The van der Waals surface area contributed by atoms with Crippen LogP contribution < -0.4 is 11.1 Å². The fraction of sp³-hybridized carbons (Fsp3) is 0.909. The zero-order valence-corrected chi connectivity index (χ0v) is 10.1. The highest BCUT2D eigenvalue weighted by molar-refractivity contribution is 5.78. The molecule has 15 heavy (non-hydrogen) atoms. The fourth-order valence-electron chi connectivity index (χ4n) is 1.47. The van der Waals surface area contributed by atoms with Gasteiger partial charge in [0.25, 0.3) is 0 Å². The van der Waals surface area contributed by atoms with E-state index in [1.54, 1.807) is 7.11 Å². The van der Waals surface area contributed by atoms with Crippen LogP contribution in [-0.4, -0.2) is 32.2 Å². The molecular weight excluding hydrogens is 192 g/mol. The van der Waals surface area contributed by atoms with Gasteiger partial charge in [0.15, 0.2) is 0 Å². The third-order valence-corrected chi connectivity index (χ3v) is 2.40. The Balaban J connectivity index is 3.97. The minimum Gasteiger partial charge on any atom is -0.383 e. The summed E-state index contributed by atoms with van der Waals surface area (Å²) in [6, 6.07) is 0.132. The van der Waals surface area contributed by atoms with Crippen molar-refractivity contribution >= 4 is 5.91 Å². The van der Waals surface area contributed by atoms with Gasteiger partial charge in [-0.05, 0) is 19.4 Å². The van der Waals surface area contributed by atoms with Crippen LogP contribution in [0.4, 0.5) is 0 Å². The maximum Gasteiger partial charge on any atom is 0.223 e. The van der Waals surface area contributed by atoms with Gasteiger partial charge in [0, 0.05) is 13.0 Å². The molecule has 1 amide bonds. The summed E-state index contributed by atoms with van der Waals surface area (Å²) in [6.07, 6.45) is 2.73. The molecule has 0 radical (unpaired) electrons. The van der Waals surface area contributed by atoms with E-state index < -0.39 is 0 Å². The quantitative estimate of drug-likeness (QED) is 0.633. The van der Waals surface area contributed by atoms with Crippen molar-refractivity contribution in [3.8, 4) is 0 Å². The minimum atomic E-state index is -0.00814. The molecule has 0 heterocycles. The first-order valence-electron chi connectivity index (χ1n) is 5.65. The zero-order valence-electron chi connectivity index (χ0n) is 10.1. The first-order valence-corrected chi connectivity index (χ1v) is 5.65. The van der Waals surface area contributed by atoms with E-state index >= 15 is 0 Å². The van der Waals surface area contributed by atoms with Gasteiger partial charge in [-0.1, -0.05) is 20.3 Å². The molecule has 2 atom stereocenters. The van der Waals surface area contributed by atoms with Crippen LogP contribution >= 0.6 is 0 Å². The summed E-state index contributed by atoms with van der Waals surface area (Å²) in [6.45, 7) is 5.13. The summed E-state index contributed by atoms with van der Waals surface area (Å²) in [5.41, 5.74) is 5.41. The first kappa shape index (κ1) is 14.4. The van der Waals surface area contributed by atoms with Crippen molar-refractivity contribution in [2.24, 2.45) is 11.7 Å². The number of nitrogens with one attached hydrogen (secondary N) is 1. The Hall–Kier alpha value is -0.610. The number of carbonyl (C=O) groups is 1. The van der Waals surface area contributed by atoms with Gasteiger partial charge in [-0.25, -0.2) is 0 Å². The summed E-state index contributed by atoms with van der Waals surface area (Å²) in [5.74, 6) is 0.0714. The second kappa shape index (κ2) is 8.68. The predicted molar refractivity (Wildman–Crippen MR) is 61.6 cm³/mol. The van der Waals surface area contributed by atoms with E-state index in [9.17, 15) is 4.79 Å². The normalized spacial score (nSPS) is 14.7. The Bertz CT molecular complexity index is 168. The van der Waals surface area contributed by atoms with Gasteiger partial charge in [-0.2, -0.15) is 0 Å². The lowest BCUT2D eigenvalue weighted by Crippen LogP contribution is -2.41. The molecule has 0 saturated heterocycles. The first-order chi connectivity index (χ1) is 7.15. The number of carbonyl (C=O) groups excluding carboxylic acids is 1. The molecule has 3 N–H and O–H groups in total. The van der Waals surface area contributed by atoms with Crippen molar-refractivity contribution in [1.29, 1.82) is 0 Å².